The fourth-order valence-electron chi connectivity index (χ4n) is 3.02. The number of aromatic nitrogens is 1. The minimum absolute atomic E-state index is 0.0199. The molecule has 5 nitrogen and oxygen atoms in total. The van der Waals surface area contributed by atoms with Crippen LogP contribution >= 0.6 is 11.8 Å². The van der Waals surface area contributed by atoms with Gasteiger partial charge in [0, 0.05) is 27.1 Å². The summed E-state index contributed by atoms with van der Waals surface area (Å²) in [6.07, 6.45) is -0.934. The van der Waals surface area contributed by atoms with Crippen molar-refractivity contribution in [1.82, 2.24) is 4.98 Å². The van der Waals surface area contributed by atoms with E-state index in [1.807, 2.05) is 31.2 Å². The summed E-state index contributed by atoms with van der Waals surface area (Å²) >= 11 is 1.28. The van der Waals surface area contributed by atoms with Crippen LogP contribution in [0.4, 0.5) is 0 Å². The maximum atomic E-state index is 13.0. The minimum atomic E-state index is -0.934. The molecule has 0 radical (unpaired) electrons. The highest BCUT2D eigenvalue weighted by atomic mass is 32.2. The second-order valence-electron chi connectivity index (χ2n) is 6.57. The van der Waals surface area contributed by atoms with Gasteiger partial charge in [-0.05, 0) is 39.0 Å². The lowest BCUT2D eigenvalue weighted by molar-refractivity contribution is -0.114. The van der Waals surface area contributed by atoms with Crippen molar-refractivity contribution < 1.29 is 19.1 Å². The molecule has 0 aliphatic carbocycles. The fraction of sp³-hybridized carbons (Fsp3) is 0.227. The van der Waals surface area contributed by atoms with E-state index in [1.165, 1.54) is 18.7 Å². The van der Waals surface area contributed by atoms with Crippen LogP contribution in [0, 0.1) is 6.92 Å². The summed E-state index contributed by atoms with van der Waals surface area (Å²) in [7, 11) is 0. The highest BCUT2D eigenvalue weighted by Crippen LogP contribution is 2.26. The number of H-pyrrole nitrogens is 1. The zero-order chi connectivity index (χ0) is 20.3. The highest BCUT2D eigenvalue weighted by Gasteiger charge is 2.25. The van der Waals surface area contributed by atoms with Gasteiger partial charge in [-0.25, -0.2) is 4.79 Å². The predicted molar refractivity (Wildman–Crippen MR) is 110 cm³/mol. The lowest BCUT2D eigenvalue weighted by Gasteiger charge is -2.14. The molecule has 3 aromatic rings. The van der Waals surface area contributed by atoms with Crippen molar-refractivity contribution in [2.45, 2.75) is 31.8 Å². The third-order valence-electron chi connectivity index (χ3n) is 4.33. The number of benzene rings is 2. The summed E-state index contributed by atoms with van der Waals surface area (Å²) in [5.74, 6) is -0.540. The predicted octanol–water partition coefficient (Wildman–Crippen LogP) is 4.59. The topological polar surface area (TPSA) is 76.2 Å². The van der Waals surface area contributed by atoms with E-state index in [1.54, 1.807) is 31.2 Å². The van der Waals surface area contributed by atoms with E-state index in [0.29, 0.717) is 16.0 Å². The number of aryl methyl sites for hydroxylation is 1. The molecule has 1 N–H and O–H groups in total. The molecule has 1 atom stereocenters. The second-order valence-corrected chi connectivity index (χ2v) is 7.59. The van der Waals surface area contributed by atoms with Gasteiger partial charge in [0.15, 0.2) is 6.10 Å². The van der Waals surface area contributed by atoms with Crippen LogP contribution in [0.1, 0.15) is 40.3 Å². The Labute approximate surface area is 167 Å². The number of fused-ring (bicyclic) bond motifs is 1. The van der Waals surface area contributed by atoms with Gasteiger partial charge in [0.05, 0.1) is 11.3 Å². The van der Waals surface area contributed by atoms with Gasteiger partial charge in [-0.3, -0.25) is 9.59 Å². The molecule has 0 unspecified atom stereocenters. The first-order valence-electron chi connectivity index (χ1n) is 8.92. The van der Waals surface area contributed by atoms with Crippen LogP contribution in [0.25, 0.3) is 10.9 Å². The van der Waals surface area contributed by atoms with Crippen molar-refractivity contribution in [1.29, 1.82) is 0 Å². The van der Waals surface area contributed by atoms with E-state index in [4.69, 9.17) is 4.74 Å². The number of Topliss-reactive ketones (excluding diaryl/α,β-unsaturated/α-hetero) is 2. The Morgan fingerprint density at radius 3 is 2.50 bits per heavy atom. The number of ketones is 2. The SMILES string of the molecule is CC(=O)CSc1ccccc1C(=O)O[C@@H](C)C(=O)c1c(C)[nH]c2ccccc12. The first kappa shape index (κ1) is 19.9. The summed E-state index contributed by atoms with van der Waals surface area (Å²) in [6, 6.07) is 14.5. The monoisotopic (exact) mass is 395 g/mol. The fourth-order valence-corrected chi connectivity index (χ4v) is 3.86. The van der Waals surface area contributed by atoms with Gasteiger partial charge in [0.2, 0.25) is 5.78 Å². The van der Waals surface area contributed by atoms with E-state index in [2.05, 4.69) is 4.98 Å². The molecule has 0 saturated heterocycles. The normalized spacial score (nSPS) is 12.0. The second kappa shape index (κ2) is 8.44. The zero-order valence-electron chi connectivity index (χ0n) is 15.9. The van der Waals surface area contributed by atoms with E-state index in [9.17, 15) is 14.4 Å². The Morgan fingerprint density at radius 2 is 1.75 bits per heavy atom. The molecule has 0 amide bonds. The van der Waals surface area contributed by atoms with Gasteiger partial charge in [0.25, 0.3) is 0 Å². The van der Waals surface area contributed by atoms with Crippen LogP contribution < -0.4 is 0 Å². The standard InChI is InChI=1S/C22H21NO4S/c1-13(24)12-28-19-11-7-5-9-17(19)22(26)27-15(3)21(25)20-14(2)23-18-10-6-4-8-16(18)20/h4-11,15,23H,12H2,1-3H3/t15-/m0/s1. The lowest BCUT2D eigenvalue weighted by atomic mass is 10.0. The number of carbonyl (C=O) groups is 3. The third kappa shape index (κ3) is 4.17. The molecule has 0 aliphatic rings. The number of carbonyl (C=O) groups excluding carboxylic acids is 3. The maximum absolute atomic E-state index is 13.0. The van der Waals surface area contributed by atoms with E-state index in [-0.39, 0.29) is 17.3 Å². The highest BCUT2D eigenvalue weighted by molar-refractivity contribution is 8.00. The molecule has 1 heterocycles. The number of aromatic amines is 1. The van der Waals surface area contributed by atoms with E-state index < -0.39 is 12.1 Å². The summed E-state index contributed by atoms with van der Waals surface area (Å²) in [5, 5.41) is 0.810. The van der Waals surface area contributed by atoms with Crippen molar-refractivity contribution >= 4 is 40.2 Å². The van der Waals surface area contributed by atoms with Gasteiger partial charge in [0.1, 0.15) is 5.78 Å². The average molecular weight is 395 g/mol. The summed E-state index contributed by atoms with van der Waals surface area (Å²) in [6.45, 7) is 4.90. The Kier molecular flexibility index (Phi) is 5.99. The quantitative estimate of drug-likeness (QED) is 0.360. The van der Waals surface area contributed by atoms with E-state index >= 15 is 0 Å². The van der Waals surface area contributed by atoms with Crippen molar-refractivity contribution in [2.24, 2.45) is 0 Å². The van der Waals surface area contributed by atoms with Crippen molar-refractivity contribution in [3.8, 4) is 0 Å². The van der Waals surface area contributed by atoms with Crippen LogP contribution in [-0.4, -0.2) is 34.4 Å². The number of ether oxygens (including phenoxy) is 1. The van der Waals surface area contributed by atoms with Crippen LogP contribution in [0.15, 0.2) is 53.4 Å². The molecular weight excluding hydrogens is 374 g/mol. The summed E-state index contributed by atoms with van der Waals surface area (Å²) in [4.78, 5) is 40.7. The zero-order valence-corrected chi connectivity index (χ0v) is 16.8. The van der Waals surface area contributed by atoms with Gasteiger partial charge in [-0.1, -0.05) is 30.3 Å². The van der Waals surface area contributed by atoms with Gasteiger partial charge in [-0.2, -0.15) is 0 Å². The molecule has 3 rings (SSSR count). The number of nitrogens with one attached hydrogen (secondary N) is 1. The summed E-state index contributed by atoms with van der Waals surface area (Å²) in [5.41, 5.74) is 2.50. The Morgan fingerprint density at radius 1 is 1.07 bits per heavy atom. The van der Waals surface area contributed by atoms with Crippen molar-refractivity contribution in [2.75, 3.05) is 5.75 Å². The summed E-state index contributed by atoms with van der Waals surface area (Å²) < 4.78 is 5.47. The van der Waals surface area contributed by atoms with Crippen molar-refractivity contribution in [3.05, 3.63) is 65.4 Å². The smallest absolute Gasteiger partial charge is 0.339 e. The van der Waals surface area contributed by atoms with Gasteiger partial charge in [-0.15, -0.1) is 11.8 Å². The number of hydrogen-bond donors (Lipinski definition) is 1. The van der Waals surface area contributed by atoms with Crippen molar-refractivity contribution in [3.63, 3.8) is 0 Å². The lowest BCUT2D eigenvalue weighted by Crippen LogP contribution is -2.25. The first-order valence-corrected chi connectivity index (χ1v) is 9.90. The largest absolute Gasteiger partial charge is 0.451 e. The molecule has 1 aromatic heterocycles. The average Bonchev–Trinajstić information content (AvgIpc) is 3.01. The first-order chi connectivity index (χ1) is 13.4. The third-order valence-corrected chi connectivity index (χ3v) is 5.55. The van der Waals surface area contributed by atoms with Crippen LogP contribution in [-0.2, 0) is 9.53 Å². The molecule has 0 fully saturated rings. The van der Waals surface area contributed by atoms with Gasteiger partial charge >= 0.3 is 5.97 Å². The molecule has 2 aromatic carbocycles. The molecule has 0 aliphatic heterocycles. The van der Waals surface area contributed by atoms with Gasteiger partial charge < -0.3 is 9.72 Å². The Hall–Kier alpha value is -2.86. The number of esters is 1. The molecule has 6 heteroatoms. The molecule has 0 spiro atoms. The minimum Gasteiger partial charge on any atom is -0.451 e. The number of para-hydroxylation sites is 1. The Bertz CT molecular complexity index is 1050. The Balaban J connectivity index is 1.80. The van der Waals surface area contributed by atoms with Crippen LogP contribution in [0.5, 0.6) is 0 Å². The maximum Gasteiger partial charge on any atom is 0.339 e. The number of hydrogen-bond acceptors (Lipinski definition) is 5. The van der Waals surface area contributed by atoms with Crippen LogP contribution in [0.3, 0.4) is 0 Å². The number of rotatable bonds is 7. The molecular formula is C22H21NO4S. The molecule has 0 saturated carbocycles. The van der Waals surface area contributed by atoms with Crippen LogP contribution in [0.2, 0.25) is 0 Å². The molecule has 144 valence electrons. The van der Waals surface area contributed by atoms with E-state index in [0.717, 1.165) is 16.6 Å². The number of thioether (sulfide) groups is 1. The molecule has 0 bridgehead atoms. The molecule has 28 heavy (non-hydrogen) atoms.